The number of aromatic nitrogens is 2. The van der Waals surface area contributed by atoms with Gasteiger partial charge in [0.05, 0.1) is 6.20 Å². The predicted molar refractivity (Wildman–Crippen MR) is 50.1 cm³/mol. The molecule has 1 unspecified atom stereocenters. The third-order valence-corrected chi connectivity index (χ3v) is 3.89. The van der Waals surface area contributed by atoms with Gasteiger partial charge >= 0.3 is 5.97 Å². The number of rotatable bonds is 1. The van der Waals surface area contributed by atoms with E-state index < -0.39 is 17.0 Å². The Kier molecular flexibility index (Phi) is 1.43. The molecule has 2 aliphatic rings. The number of aromatic amines is 1. The molecule has 1 aromatic heterocycles. The highest BCUT2D eigenvalue weighted by atomic mass is 16.4. The molecule has 5 nitrogen and oxygen atoms in total. The first-order valence-corrected chi connectivity index (χ1v) is 5.09. The van der Waals surface area contributed by atoms with Gasteiger partial charge in [-0.05, 0) is 25.7 Å². The number of carboxylic acids is 1. The lowest BCUT2D eigenvalue weighted by atomic mass is 9.71. The van der Waals surface area contributed by atoms with Gasteiger partial charge in [-0.3, -0.25) is 5.10 Å². The van der Waals surface area contributed by atoms with Crippen LogP contribution in [0.2, 0.25) is 0 Å². The summed E-state index contributed by atoms with van der Waals surface area (Å²) in [4.78, 5) is 11.3. The van der Waals surface area contributed by atoms with Crippen molar-refractivity contribution in [2.45, 2.75) is 31.3 Å². The Labute approximate surface area is 86.1 Å². The van der Waals surface area contributed by atoms with E-state index in [4.69, 9.17) is 0 Å². The Hall–Kier alpha value is -1.36. The van der Waals surface area contributed by atoms with E-state index in [1.807, 2.05) is 0 Å². The first-order chi connectivity index (χ1) is 7.10. The number of aliphatic hydroxyl groups is 1. The second kappa shape index (κ2) is 2.41. The number of aryl methyl sites for hydroxylation is 1. The molecule has 0 aromatic carbocycles. The molecule has 1 spiro atoms. The fourth-order valence-electron chi connectivity index (χ4n) is 2.75. The van der Waals surface area contributed by atoms with Crippen molar-refractivity contribution in [3.05, 3.63) is 17.5 Å². The Balaban J connectivity index is 2.21. The number of nitrogens with zero attached hydrogens (tertiary/aromatic N) is 1. The van der Waals surface area contributed by atoms with Gasteiger partial charge in [0.25, 0.3) is 0 Å². The summed E-state index contributed by atoms with van der Waals surface area (Å²) in [5.74, 6) is -1.15. The summed E-state index contributed by atoms with van der Waals surface area (Å²) >= 11 is 0. The lowest BCUT2D eigenvalue weighted by Crippen LogP contribution is -2.47. The molecule has 1 aromatic rings. The van der Waals surface area contributed by atoms with E-state index in [1.165, 1.54) is 6.20 Å². The van der Waals surface area contributed by atoms with Crippen LogP contribution in [-0.4, -0.2) is 26.4 Å². The van der Waals surface area contributed by atoms with E-state index in [-0.39, 0.29) is 0 Å². The number of carboxylic acid groups (broad SMARTS) is 1. The summed E-state index contributed by atoms with van der Waals surface area (Å²) in [6, 6.07) is 0. The molecule has 0 radical (unpaired) electrons. The van der Waals surface area contributed by atoms with E-state index >= 15 is 0 Å². The van der Waals surface area contributed by atoms with E-state index in [2.05, 4.69) is 10.2 Å². The molecule has 0 bridgehead atoms. The van der Waals surface area contributed by atoms with E-state index in [0.717, 1.165) is 31.4 Å². The van der Waals surface area contributed by atoms with Gasteiger partial charge in [0.1, 0.15) is 0 Å². The molecule has 1 saturated carbocycles. The van der Waals surface area contributed by atoms with Crippen LogP contribution in [0.15, 0.2) is 6.20 Å². The van der Waals surface area contributed by atoms with Crippen molar-refractivity contribution in [1.82, 2.24) is 10.2 Å². The van der Waals surface area contributed by atoms with Crippen LogP contribution in [0.3, 0.4) is 0 Å². The van der Waals surface area contributed by atoms with Crippen LogP contribution in [-0.2, 0) is 16.8 Å². The lowest BCUT2D eigenvalue weighted by Gasteiger charge is -2.36. The van der Waals surface area contributed by atoms with Gasteiger partial charge in [-0.1, -0.05) is 0 Å². The fraction of sp³-hybridized carbons (Fsp3) is 0.600. The summed E-state index contributed by atoms with van der Waals surface area (Å²) in [6.45, 7) is 0. The van der Waals surface area contributed by atoms with Crippen LogP contribution < -0.4 is 0 Å². The van der Waals surface area contributed by atoms with Crippen molar-refractivity contribution < 1.29 is 15.0 Å². The van der Waals surface area contributed by atoms with Crippen LogP contribution in [0, 0.1) is 5.41 Å². The SMILES string of the molecule is O=C(O)C1(O)c2cn[nH]c2CCC12CC2. The Bertz CT molecular complexity index is 436. The number of aliphatic carboxylic acids is 1. The van der Waals surface area contributed by atoms with Crippen LogP contribution in [0.1, 0.15) is 30.5 Å². The maximum atomic E-state index is 11.3. The molecule has 0 amide bonds. The molecule has 1 heterocycles. The van der Waals surface area contributed by atoms with Crippen molar-refractivity contribution in [1.29, 1.82) is 0 Å². The number of fused-ring (bicyclic) bond motifs is 1. The number of hydrogen-bond acceptors (Lipinski definition) is 3. The molecular weight excluding hydrogens is 196 g/mol. The molecule has 2 aliphatic carbocycles. The molecule has 1 fully saturated rings. The van der Waals surface area contributed by atoms with Crippen LogP contribution >= 0.6 is 0 Å². The molecule has 0 aliphatic heterocycles. The van der Waals surface area contributed by atoms with Gasteiger partial charge in [-0.15, -0.1) is 0 Å². The summed E-state index contributed by atoms with van der Waals surface area (Å²) < 4.78 is 0. The molecule has 3 N–H and O–H groups in total. The summed E-state index contributed by atoms with van der Waals surface area (Å²) in [7, 11) is 0. The molecule has 0 saturated heterocycles. The topological polar surface area (TPSA) is 86.2 Å². The minimum Gasteiger partial charge on any atom is -0.479 e. The largest absolute Gasteiger partial charge is 0.479 e. The Morgan fingerprint density at radius 1 is 1.47 bits per heavy atom. The first-order valence-electron chi connectivity index (χ1n) is 5.09. The van der Waals surface area contributed by atoms with Crippen molar-refractivity contribution in [3.8, 4) is 0 Å². The Morgan fingerprint density at radius 2 is 2.20 bits per heavy atom. The van der Waals surface area contributed by atoms with Gasteiger partial charge in [0.2, 0.25) is 0 Å². The standard InChI is InChI=1S/C10H12N2O3/c13-8(14)10(15)6-5-11-12-7(6)1-2-9(10)3-4-9/h5,15H,1-4H2,(H,11,12)(H,13,14). The second-order valence-electron chi connectivity index (χ2n) is 4.56. The number of carbonyl (C=O) groups is 1. The van der Waals surface area contributed by atoms with E-state index in [9.17, 15) is 15.0 Å². The van der Waals surface area contributed by atoms with Gasteiger partial charge in [-0.2, -0.15) is 5.10 Å². The minimum atomic E-state index is -1.73. The molecular formula is C10H12N2O3. The normalized spacial score (nSPS) is 31.3. The summed E-state index contributed by atoms with van der Waals surface area (Å²) in [5.41, 5.74) is -0.945. The smallest absolute Gasteiger partial charge is 0.341 e. The van der Waals surface area contributed by atoms with E-state index in [0.29, 0.717) is 5.56 Å². The van der Waals surface area contributed by atoms with Crippen LogP contribution in [0.25, 0.3) is 0 Å². The summed E-state index contributed by atoms with van der Waals surface area (Å²) in [5, 5.41) is 26.3. The zero-order valence-corrected chi connectivity index (χ0v) is 8.16. The third kappa shape index (κ3) is 0.866. The zero-order chi connectivity index (χ0) is 10.7. The lowest BCUT2D eigenvalue weighted by molar-refractivity contribution is -0.171. The highest BCUT2D eigenvalue weighted by molar-refractivity contribution is 5.82. The highest BCUT2D eigenvalue weighted by Crippen LogP contribution is 2.63. The van der Waals surface area contributed by atoms with Gasteiger partial charge in [0, 0.05) is 16.7 Å². The van der Waals surface area contributed by atoms with Crippen LogP contribution in [0.4, 0.5) is 0 Å². The molecule has 15 heavy (non-hydrogen) atoms. The zero-order valence-electron chi connectivity index (χ0n) is 8.16. The van der Waals surface area contributed by atoms with Crippen molar-refractivity contribution in [2.24, 2.45) is 5.41 Å². The number of H-pyrrole nitrogens is 1. The number of nitrogens with one attached hydrogen (secondary N) is 1. The molecule has 3 rings (SSSR count). The third-order valence-electron chi connectivity index (χ3n) is 3.89. The molecule has 1 atom stereocenters. The fourth-order valence-corrected chi connectivity index (χ4v) is 2.75. The second-order valence-corrected chi connectivity index (χ2v) is 4.56. The maximum Gasteiger partial charge on any atom is 0.341 e. The average Bonchev–Trinajstić information content (AvgIpc) is 2.82. The monoisotopic (exact) mass is 208 g/mol. The average molecular weight is 208 g/mol. The first kappa shape index (κ1) is 8.91. The van der Waals surface area contributed by atoms with Gasteiger partial charge in [-0.25, -0.2) is 4.79 Å². The van der Waals surface area contributed by atoms with Gasteiger partial charge < -0.3 is 10.2 Å². The molecule has 80 valence electrons. The van der Waals surface area contributed by atoms with E-state index in [1.54, 1.807) is 0 Å². The van der Waals surface area contributed by atoms with Crippen molar-refractivity contribution in [2.75, 3.05) is 0 Å². The minimum absolute atomic E-state index is 0.435. The Morgan fingerprint density at radius 3 is 2.80 bits per heavy atom. The summed E-state index contributed by atoms with van der Waals surface area (Å²) in [6.07, 6.45) is 4.54. The number of hydrogen-bond donors (Lipinski definition) is 3. The van der Waals surface area contributed by atoms with Crippen molar-refractivity contribution >= 4 is 5.97 Å². The quantitative estimate of drug-likeness (QED) is 0.623. The van der Waals surface area contributed by atoms with Crippen molar-refractivity contribution in [3.63, 3.8) is 0 Å². The van der Waals surface area contributed by atoms with Crippen LogP contribution in [0.5, 0.6) is 0 Å². The van der Waals surface area contributed by atoms with Gasteiger partial charge in [0.15, 0.2) is 5.60 Å². The molecule has 5 heteroatoms. The highest BCUT2D eigenvalue weighted by Gasteiger charge is 2.66. The predicted octanol–water partition coefficient (Wildman–Crippen LogP) is 0.408. The maximum absolute atomic E-state index is 11.3.